The Morgan fingerprint density at radius 1 is 0.500 bits per heavy atom. The maximum Gasteiger partial charge on any atom is 0.0110 e. The van der Waals surface area contributed by atoms with E-state index in [-0.39, 0.29) is 29.5 Å². The largest absolute Gasteiger partial charge is 0.308 e. The van der Waals surface area contributed by atoms with Gasteiger partial charge in [-0.25, -0.2) is 0 Å². The first-order valence-corrected chi connectivity index (χ1v) is 6.08. The fourth-order valence-corrected chi connectivity index (χ4v) is 1.36. The van der Waals surface area contributed by atoms with Gasteiger partial charge in [-0.3, -0.25) is 4.90 Å². The molecule has 0 aromatic carbocycles. The maximum atomic E-state index is 2.54. The van der Waals surface area contributed by atoms with Gasteiger partial charge in [0.25, 0.3) is 0 Å². The third-order valence-corrected chi connectivity index (χ3v) is 2.59. The van der Waals surface area contributed by atoms with Crippen molar-refractivity contribution in [3.63, 3.8) is 0 Å². The van der Waals surface area contributed by atoms with Gasteiger partial charge in [-0.1, -0.05) is 0 Å². The molecule has 117 valence electrons. The van der Waals surface area contributed by atoms with Crippen molar-refractivity contribution in [2.24, 2.45) is 0 Å². The third-order valence-electron chi connectivity index (χ3n) is 2.59. The molecule has 0 bridgehead atoms. The topological polar surface area (TPSA) is 13.0 Å². The molecule has 0 saturated carbocycles. The van der Waals surface area contributed by atoms with Gasteiger partial charge >= 0.3 is 0 Å². The molecule has 0 N–H and O–H groups in total. The summed E-state index contributed by atoms with van der Waals surface area (Å²) in [6, 6.07) is 0. The van der Waals surface area contributed by atoms with E-state index in [0.29, 0.717) is 0 Å². The van der Waals surface area contributed by atoms with Crippen molar-refractivity contribution in [1.29, 1.82) is 0 Å². The summed E-state index contributed by atoms with van der Waals surface area (Å²) in [5, 5.41) is 0. The van der Waals surface area contributed by atoms with Crippen molar-refractivity contribution < 1.29 is 17.1 Å². The fraction of sp³-hybridized carbons (Fsp3) is 1.00. The zero-order valence-electron chi connectivity index (χ0n) is 12.7. The molecule has 4 nitrogen and oxygen atoms in total. The smallest absolute Gasteiger partial charge is 0.0110 e. The maximum absolute atomic E-state index is 2.54. The molecule has 0 aliphatic heterocycles. The summed E-state index contributed by atoms with van der Waals surface area (Å²) >= 11 is 0. The van der Waals surface area contributed by atoms with Crippen molar-refractivity contribution in [1.82, 2.24) is 19.6 Å². The summed E-state index contributed by atoms with van der Waals surface area (Å²) < 4.78 is 0. The molecule has 0 atom stereocenters. The minimum Gasteiger partial charge on any atom is -0.308 e. The molecule has 0 fully saturated rings. The Hall–Kier alpha value is 0.649. The van der Waals surface area contributed by atoms with Crippen molar-refractivity contribution in [3.8, 4) is 0 Å². The van der Waals surface area contributed by atoms with Gasteiger partial charge in [0.05, 0.1) is 0 Å². The Bertz CT molecular complexity index is 140. The van der Waals surface area contributed by atoms with Crippen LogP contribution >= 0.6 is 12.4 Å². The molecular formula is C12H31ClCuN4. The van der Waals surface area contributed by atoms with Crippen LogP contribution in [-0.4, -0.2) is 101 Å². The molecule has 0 aliphatic rings. The van der Waals surface area contributed by atoms with Crippen LogP contribution in [0.2, 0.25) is 0 Å². The number of hydrogen-bond acceptors (Lipinski definition) is 4. The molecule has 0 saturated heterocycles. The Labute approximate surface area is 131 Å². The predicted molar refractivity (Wildman–Crippen MR) is 79.4 cm³/mol. The van der Waals surface area contributed by atoms with E-state index in [4.69, 9.17) is 0 Å². The average molecular weight is 330 g/mol. The summed E-state index contributed by atoms with van der Waals surface area (Å²) in [6.07, 6.45) is 0. The second-order valence-electron chi connectivity index (χ2n) is 5.25. The molecular weight excluding hydrogens is 299 g/mol. The van der Waals surface area contributed by atoms with Crippen molar-refractivity contribution in [2.75, 3.05) is 81.6 Å². The first-order chi connectivity index (χ1) is 7.41. The summed E-state index contributed by atoms with van der Waals surface area (Å²) in [4.78, 5) is 9.29. The number of nitrogens with zero attached hydrogens (tertiary/aromatic N) is 4. The van der Waals surface area contributed by atoms with Gasteiger partial charge in [-0.2, -0.15) is 0 Å². The fourth-order valence-electron chi connectivity index (χ4n) is 1.36. The Morgan fingerprint density at radius 2 is 0.722 bits per heavy atom. The van der Waals surface area contributed by atoms with Gasteiger partial charge in [0.1, 0.15) is 0 Å². The number of halogens is 1. The first kappa shape index (κ1) is 23.7. The second kappa shape index (κ2) is 14.1. The Kier molecular flexibility index (Phi) is 18.5. The normalized spacial score (nSPS) is 11.0. The third kappa shape index (κ3) is 16.6. The minimum absolute atomic E-state index is 0. The van der Waals surface area contributed by atoms with Crippen LogP contribution in [0, 0.1) is 0 Å². The van der Waals surface area contributed by atoms with E-state index in [9.17, 15) is 0 Å². The Morgan fingerprint density at radius 3 is 0.889 bits per heavy atom. The van der Waals surface area contributed by atoms with Crippen molar-refractivity contribution in [3.05, 3.63) is 0 Å². The molecule has 0 unspecified atom stereocenters. The molecule has 6 heteroatoms. The number of hydrogen-bond donors (Lipinski definition) is 0. The number of likely N-dealkylation sites (N-methyl/N-ethyl adjacent to an activating group) is 3. The van der Waals surface area contributed by atoms with Crippen LogP contribution in [0.3, 0.4) is 0 Å². The summed E-state index contributed by atoms with van der Waals surface area (Å²) in [5.74, 6) is 0. The predicted octanol–water partition coefficient (Wildman–Crippen LogP) is 0.393. The van der Waals surface area contributed by atoms with E-state index in [1.165, 1.54) is 0 Å². The summed E-state index contributed by atoms with van der Waals surface area (Å²) in [5.41, 5.74) is 0. The van der Waals surface area contributed by atoms with Crippen LogP contribution in [-0.2, 0) is 17.1 Å². The van der Waals surface area contributed by atoms with Gasteiger partial charge in [-0.05, 0) is 42.3 Å². The molecule has 18 heavy (non-hydrogen) atoms. The zero-order chi connectivity index (χ0) is 12.6. The Balaban J connectivity index is -0.00000112. The van der Waals surface area contributed by atoms with Crippen LogP contribution in [0.15, 0.2) is 0 Å². The van der Waals surface area contributed by atoms with E-state index in [2.05, 4.69) is 61.9 Å². The summed E-state index contributed by atoms with van der Waals surface area (Å²) in [6.45, 7) is 6.90. The van der Waals surface area contributed by atoms with E-state index >= 15 is 0 Å². The van der Waals surface area contributed by atoms with Crippen LogP contribution in [0.5, 0.6) is 0 Å². The standard InChI is InChI=1S/C12H30N4.ClH.Cu/c1-13(2)7-10-16(11-8-14(3)4)12-9-15(5)6;;/h7-12H2,1-6H3;1H;. The van der Waals surface area contributed by atoms with E-state index < -0.39 is 0 Å². The SMILES string of the molecule is CN(C)CCN(CCN(C)C)CCN(C)C.Cl.[Cu]. The first-order valence-electron chi connectivity index (χ1n) is 6.08. The second-order valence-corrected chi connectivity index (χ2v) is 5.25. The van der Waals surface area contributed by atoms with E-state index in [1.54, 1.807) is 0 Å². The molecule has 0 amide bonds. The van der Waals surface area contributed by atoms with Crippen molar-refractivity contribution in [2.45, 2.75) is 0 Å². The molecule has 1 radical (unpaired) electrons. The van der Waals surface area contributed by atoms with Crippen molar-refractivity contribution >= 4 is 12.4 Å². The van der Waals surface area contributed by atoms with Gasteiger partial charge < -0.3 is 14.7 Å². The van der Waals surface area contributed by atoms with Crippen LogP contribution in [0.4, 0.5) is 0 Å². The molecule has 0 rings (SSSR count). The molecule has 0 heterocycles. The van der Waals surface area contributed by atoms with Gasteiger partial charge in [0.2, 0.25) is 0 Å². The van der Waals surface area contributed by atoms with E-state index in [0.717, 1.165) is 39.3 Å². The van der Waals surface area contributed by atoms with Crippen LogP contribution in [0.1, 0.15) is 0 Å². The van der Waals surface area contributed by atoms with Gasteiger partial charge in [-0.15, -0.1) is 12.4 Å². The molecule has 0 spiro atoms. The number of rotatable bonds is 9. The van der Waals surface area contributed by atoms with E-state index in [1.807, 2.05) is 0 Å². The quantitative estimate of drug-likeness (QED) is 0.567. The van der Waals surface area contributed by atoms with Crippen LogP contribution < -0.4 is 0 Å². The van der Waals surface area contributed by atoms with Gasteiger partial charge in [0.15, 0.2) is 0 Å². The van der Waals surface area contributed by atoms with Gasteiger partial charge in [0, 0.05) is 56.3 Å². The van der Waals surface area contributed by atoms with Crippen LogP contribution in [0.25, 0.3) is 0 Å². The summed E-state index contributed by atoms with van der Waals surface area (Å²) in [7, 11) is 12.8. The minimum atomic E-state index is 0. The zero-order valence-corrected chi connectivity index (χ0v) is 14.5. The molecule has 0 aromatic rings. The monoisotopic (exact) mass is 329 g/mol. The average Bonchev–Trinajstić information content (AvgIpc) is 2.15. The molecule has 0 aromatic heterocycles. The molecule has 0 aliphatic carbocycles.